The van der Waals surface area contributed by atoms with Gasteiger partial charge in [-0.05, 0) is 87.4 Å². The van der Waals surface area contributed by atoms with E-state index in [9.17, 15) is 9.90 Å². The molecule has 7 nitrogen and oxygen atoms in total. The van der Waals surface area contributed by atoms with Crippen molar-refractivity contribution in [2.45, 2.75) is 63.1 Å². The molecule has 2 aromatic heterocycles. The summed E-state index contributed by atoms with van der Waals surface area (Å²) < 4.78 is 16.5. The minimum absolute atomic E-state index is 0.00397. The number of fused-ring (bicyclic) bond motifs is 2. The lowest BCUT2D eigenvalue weighted by Gasteiger charge is -2.55. The molecule has 1 aromatic carbocycles. The van der Waals surface area contributed by atoms with Gasteiger partial charge in [0.05, 0.1) is 11.3 Å². The summed E-state index contributed by atoms with van der Waals surface area (Å²) in [6, 6.07) is 9.72. The molecule has 0 aliphatic carbocycles. The third-order valence-electron chi connectivity index (χ3n) is 7.76. The number of anilines is 1. The molecule has 2 N–H and O–H groups in total. The van der Waals surface area contributed by atoms with Crippen LogP contribution in [0.2, 0.25) is 0 Å². The Labute approximate surface area is 204 Å². The van der Waals surface area contributed by atoms with E-state index in [0.29, 0.717) is 17.2 Å². The zero-order chi connectivity index (χ0) is 25.0. The minimum atomic E-state index is -0.622. The zero-order valence-corrected chi connectivity index (χ0v) is 20.7. The molecule has 4 heterocycles. The highest BCUT2D eigenvalue weighted by Gasteiger charge is 2.46. The average Bonchev–Trinajstić information content (AvgIpc) is 2.79. The predicted octanol–water partition coefficient (Wildman–Crippen LogP) is 4.24. The molecule has 0 saturated carbocycles. The summed E-state index contributed by atoms with van der Waals surface area (Å²) in [7, 11) is 3.68. The molecule has 3 atom stereocenters. The Morgan fingerprint density at radius 2 is 1.80 bits per heavy atom. The van der Waals surface area contributed by atoms with Crippen molar-refractivity contribution < 1.29 is 9.50 Å². The predicted molar refractivity (Wildman–Crippen MR) is 135 cm³/mol. The van der Waals surface area contributed by atoms with Gasteiger partial charge in [-0.3, -0.25) is 4.79 Å². The Kier molecular flexibility index (Phi) is 5.67. The molecule has 1 unspecified atom stereocenters. The lowest BCUT2D eigenvalue weighted by molar-refractivity contribution is 0.0784. The fraction of sp³-hybridized carbons (Fsp3) is 0.444. The van der Waals surface area contributed by atoms with Gasteiger partial charge in [0.15, 0.2) is 5.82 Å². The van der Waals surface area contributed by atoms with Gasteiger partial charge >= 0.3 is 0 Å². The molecule has 0 spiro atoms. The molecule has 2 aliphatic heterocycles. The van der Waals surface area contributed by atoms with Crippen molar-refractivity contribution in [1.29, 1.82) is 0 Å². The van der Waals surface area contributed by atoms with Crippen molar-refractivity contribution >= 4 is 5.82 Å². The van der Waals surface area contributed by atoms with Crippen LogP contribution in [-0.4, -0.2) is 44.0 Å². The molecule has 2 aliphatic rings. The molecular weight excluding hydrogens is 445 g/mol. The summed E-state index contributed by atoms with van der Waals surface area (Å²) in [5, 5.41) is 23.1. The molecule has 184 valence electrons. The summed E-state index contributed by atoms with van der Waals surface area (Å²) in [5.74, 6) is -0.145. The Hall–Kier alpha value is -3.26. The lowest BCUT2D eigenvalue weighted by atomic mass is 9.69. The fourth-order valence-electron chi connectivity index (χ4n) is 5.99. The third kappa shape index (κ3) is 4.43. The molecule has 8 heteroatoms. The van der Waals surface area contributed by atoms with Crippen molar-refractivity contribution in [3.63, 3.8) is 0 Å². The fourth-order valence-corrected chi connectivity index (χ4v) is 5.99. The van der Waals surface area contributed by atoms with Crippen LogP contribution in [-0.2, 0) is 7.05 Å². The summed E-state index contributed by atoms with van der Waals surface area (Å²) in [5.41, 5.74) is 1.24. The number of aromatic nitrogens is 3. The molecule has 35 heavy (non-hydrogen) atoms. The van der Waals surface area contributed by atoms with Gasteiger partial charge in [-0.1, -0.05) is 0 Å². The van der Waals surface area contributed by atoms with Crippen LogP contribution in [0, 0.1) is 5.82 Å². The van der Waals surface area contributed by atoms with Crippen LogP contribution in [0.3, 0.4) is 0 Å². The van der Waals surface area contributed by atoms with Gasteiger partial charge in [-0.2, -0.15) is 0 Å². The Morgan fingerprint density at radius 3 is 2.40 bits per heavy atom. The van der Waals surface area contributed by atoms with Crippen LogP contribution >= 0.6 is 0 Å². The second-order valence-electron chi connectivity index (χ2n) is 10.8. The van der Waals surface area contributed by atoms with Gasteiger partial charge in [-0.15, -0.1) is 10.2 Å². The van der Waals surface area contributed by atoms with Crippen LogP contribution in [0.25, 0.3) is 22.4 Å². The SMILES string of the molecule is CN(c1ccc(-c2c(O)cc(-c3ccn(C)c(=O)c3)cc2F)nn1)C1C[C@]2(C)CCC[C@](C)(C1)N2. The number of halogens is 1. The number of aryl methyl sites for hydroxylation is 1. The molecule has 0 amide bonds. The van der Waals surface area contributed by atoms with Crippen LogP contribution < -0.4 is 15.8 Å². The second kappa shape index (κ2) is 8.45. The molecule has 3 aromatic rings. The number of rotatable bonds is 4. The van der Waals surface area contributed by atoms with Gasteiger partial charge < -0.3 is 19.9 Å². The van der Waals surface area contributed by atoms with Gasteiger partial charge in [0.2, 0.25) is 0 Å². The average molecular weight is 478 g/mol. The number of pyridine rings is 1. The number of benzene rings is 1. The monoisotopic (exact) mass is 477 g/mol. The first-order chi connectivity index (χ1) is 16.6. The normalized spacial score (nSPS) is 25.9. The van der Waals surface area contributed by atoms with E-state index < -0.39 is 5.82 Å². The topological polar surface area (TPSA) is 83.3 Å². The summed E-state index contributed by atoms with van der Waals surface area (Å²) in [4.78, 5) is 14.1. The van der Waals surface area contributed by atoms with Crippen molar-refractivity contribution in [1.82, 2.24) is 20.1 Å². The first-order valence-electron chi connectivity index (χ1n) is 12.1. The zero-order valence-electron chi connectivity index (χ0n) is 20.7. The Balaban J connectivity index is 1.39. The number of nitrogens with zero attached hydrogens (tertiary/aromatic N) is 4. The smallest absolute Gasteiger partial charge is 0.250 e. The summed E-state index contributed by atoms with van der Waals surface area (Å²) in [6.45, 7) is 4.61. The number of hydrogen-bond acceptors (Lipinski definition) is 6. The van der Waals surface area contributed by atoms with Crippen molar-refractivity contribution in [3.8, 4) is 28.1 Å². The lowest BCUT2D eigenvalue weighted by Crippen LogP contribution is -2.66. The highest BCUT2D eigenvalue weighted by molar-refractivity contribution is 5.75. The second-order valence-corrected chi connectivity index (χ2v) is 10.8. The highest BCUT2D eigenvalue weighted by atomic mass is 19.1. The van der Waals surface area contributed by atoms with E-state index in [2.05, 4.69) is 34.3 Å². The molecule has 5 rings (SSSR count). The first kappa shape index (κ1) is 23.5. The van der Waals surface area contributed by atoms with Crippen LogP contribution in [0.5, 0.6) is 5.75 Å². The molecule has 2 bridgehead atoms. The van der Waals surface area contributed by atoms with E-state index in [1.165, 1.54) is 42.0 Å². The summed E-state index contributed by atoms with van der Waals surface area (Å²) >= 11 is 0. The number of aromatic hydroxyl groups is 1. The van der Waals surface area contributed by atoms with Crippen molar-refractivity contribution in [3.05, 3.63) is 58.8 Å². The van der Waals surface area contributed by atoms with E-state index in [1.807, 2.05) is 13.1 Å². The third-order valence-corrected chi connectivity index (χ3v) is 7.76. The number of hydrogen-bond donors (Lipinski definition) is 2. The van der Waals surface area contributed by atoms with E-state index >= 15 is 4.39 Å². The largest absolute Gasteiger partial charge is 0.507 e. The maximum Gasteiger partial charge on any atom is 0.250 e. The number of nitrogens with one attached hydrogen (secondary N) is 1. The van der Waals surface area contributed by atoms with Gasteiger partial charge in [-0.25, -0.2) is 4.39 Å². The van der Waals surface area contributed by atoms with Crippen LogP contribution in [0.4, 0.5) is 10.2 Å². The maximum atomic E-state index is 15.1. The highest BCUT2D eigenvalue weighted by Crippen LogP contribution is 2.42. The standard InChI is InChI=1S/C27H32FN5O2/c1-26-9-5-10-27(2,31-26)16-19(15-26)33(4)23-7-6-21(29-30-23)25-20(28)12-18(13-22(25)34)17-8-11-32(3)24(35)14-17/h6-8,11-14,19,31,34H,5,9-10,15-16H2,1-4H3/t19?,26-,27+. The van der Waals surface area contributed by atoms with Crippen LogP contribution in [0.15, 0.2) is 47.4 Å². The van der Waals surface area contributed by atoms with Gasteiger partial charge in [0.25, 0.3) is 5.56 Å². The Bertz CT molecular complexity index is 1280. The van der Waals surface area contributed by atoms with Crippen molar-refractivity contribution in [2.75, 3.05) is 11.9 Å². The molecule has 2 saturated heterocycles. The minimum Gasteiger partial charge on any atom is -0.507 e. The van der Waals surface area contributed by atoms with E-state index in [4.69, 9.17) is 0 Å². The van der Waals surface area contributed by atoms with Crippen molar-refractivity contribution in [2.24, 2.45) is 7.05 Å². The number of piperidine rings is 2. The molecule has 2 fully saturated rings. The van der Waals surface area contributed by atoms with Crippen LogP contribution in [0.1, 0.15) is 46.0 Å². The molecule has 0 radical (unpaired) electrons. The Morgan fingerprint density at radius 1 is 1.09 bits per heavy atom. The van der Waals surface area contributed by atoms with E-state index in [0.717, 1.165) is 18.7 Å². The number of phenols is 1. The number of phenolic OH excluding ortho intramolecular Hbond substituents is 1. The van der Waals surface area contributed by atoms with E-state index in [-0.39, 0.29) is 33.6 Å². The first-order valence-corrected chi connectivity index (χ1v) is 12.1. The maximum absolute atomic E-state index is 15.1. The van der Waals surface area contributed by atoms with Gasteiger partial charge in [0, 0.05) is 43.5 Å². The molecular formula is C27H32FN5O2. The van der Waals surface area contributed by atoms with Gasteiger partial charge in [0.1, 0.15) is 11.6 Å². The quantitative estimate of drug-likeness (QED) is 0.585. The van der Waals surface area contributed by atoms with E-state index in [1.54, 1.807) is 25.4 Å². The summed E-state index contributed by atoms with van der Waals surface area (Å²) in [6.07, 6.45) is 7.26.